The van der Waals surface area contributed by atoms with Crippen molar-refractivity contribution in [3.63, 3.8) is 0 Å². The number of nitrogens with zero attached hydrogens (tertiary/aromatic N) is 7. The maximum atomic E-state index is 14.7. The number of ether oxygens (including phenoxy) is 1. The number of urea groups is 1. The summed E-state index contributed by atoms with van der Waals surface area (Å²) in [5.74, 6) is 0.0130. The van der Waals surface area contributed by atoms with Crippen LogP contribution in [0.4, 0.5) is 31.2 Å². The Morgan fingerprint density at radius 1 is 0.933 bits per heavy atom. The van der Waals surface area contributed by atoms with Gasteiger partial charge in [0.25, 0.3) is 0 Å². The molecule has 12 heteroatoms. The summed E-state index contributed by atoms with van der Waals surface area (Å²) in [4.78, 5) is 45.5. The number of imidazole rings is 1. The summed E-state index contributed by atoms with van der Waals surface area (Å²) in [5.41, 5.74) is 5.34. The van der Waals surface area contributed by atoms with Crippen LogP contribution in [0.25, 0.3) is 17.0 Å². The molecule has 1 saturated heterocycles. The van der Waals surface area contributed by atoms with Crippen LogP contribution in [0.15, 0.2) is 79.3 Å². The van der Waals surface area contributed by atoms with E-state index in [-0.39, 0.29) is 18.3 Å². The van der Waals surface area contributed by atoms with Gasteiger partial charge >= 0.3 is 12.1 Å². The molecule has 0 aliphatic carbocycles. The second-order valence-corrected chi connectivity index (χ2v) is 11.1. The SMILES string of the molecule is Cc1cn2cc(NC(=O)N3CCc4c(N5CCN(C(=O)OCc6ccccc6)CC5)cc(-c5ccccn5)nc43)cc(F)c2n1. The number of amides is 3. The number of aryl methyl sites for hydroxylation is 1. The van der Waals surface area contributed by atoms with Crippen molar-refractivity contribution in [2.75, 3.05) is 47.8 Å². The van der Waals surface area contributed by atoms with Gasteiger partial charge in [0.2, 0.25) is 0 Å². The Hall–Kier alpha value is -5.52. The lowest BCUT2D eigenvalue weighted by Gasteiger charge is -2.36. The second-order valence-electron chi connectivity index (χ2n) is 11.1. The minimum Gasteiger partial charge on any atom is -0.445 e. The molecule has 6 heterocycles. The highest BCUT2D eigenvalue weighted by Gasteiger charge is 2.33. The molecular weight excluding hydrogens is 575 g/mol. The molecule has 7 rings (SSSR count). The summed E-state index contributed by atoms with van der Waals surface area (Å²) in [7, 11) is 0. The number of hydrogen-bond donors (Lipinski definition) is 1. The van der Waals surface area contributed by atoms with Crippen LogP contribution in [-0.2, 0) is 17.8 Å². The quantitative estimate of drug-likeness (QED) is 0.290. The Morgan fingerprint density at radius 2 is 1.73 bits per heavy atom. The molecule has 2 aliphatic heterocycles. The number of carbonyl (C=O) groups is 2. The molecule has 0 bridgehead atoms. The Balaban J connectivity index is 1.12. The zero-order valence-corrected chi connectivity index (χ0v) is 24.7. The number of piperazine rings is 1. The van der Waals surface area contributed by atoms with Gasteiger partial charge in [-0.25, -0.2) is 23.9 Å². The van der Waals surface area contributed by atoms with E-state index in [1.54, 1.807) is 39.7 Å². The van der Waals surface area contributed by atoms with E-state index in [2.05, 4.69) is 20.2 Å². The van der Waals surface area contributed by atoms with Crippen LogP contribution in [-0.4, -0.2) is 69.1 Å². The molecule has 4 aromatic heterocycles. The first-order valence-electron chi connectivity index (χ1n) is 14.8. The first-order valence-corrected chi connectivity index (χ1v) is 14.8. The van der Waals surface area contributed by atoms with Crippen LogP contribution < -0.4 is 15.1 Å². The van der Waals surface area contributed by atoms with Crippen molar-refractivity contribution in [2.45, 2.75) is 20.0 Å². The Kier molecular flexibility index (Phi) is 7.46. The molecular formula is C33H31FN8O3. The lowest BCUT2D eigenvalue weighted by Crippen LogP contribution is -2.49. The molecule has 228 valence electrons. The van der Waals surface area contributed by atoms with E-state index >= 15 is 0 Å². The van der Waals surface area contributed by atoms with E-state index in [0.29, 0.717) is 67.7 Å². The van der Waals surface area contributed by atoms with Crippen molar-refractivity contribution < 1.29 is 18.7 Å². The molecule has 1 fully saturated rings. The van der Waals surface area contributed by atoms with E-state index in [0.717, 1.165) is 16.8 Å². The van der Waals surface area contributed by atoms with Crippen molar-refractivity contribution in [1.82, 2.24) is 24.3 Å². The van der Waals surface area contributed by atoms with E-state index < -0.39 is 11.8 Å². The fourth-order valence-corrected chi connectivity index (χ4v) is 5.84. The molecule has 5 aromatic rings. The van der Waals surface area contributed by atoms with Crippen LogP contribution in [0.2, 0.25) is 0 Å². The summed E-state index contributed by atoms with van der Waals surface area (Å²) in [6.07, 6.45) is 5.31. The van der Waals surface area contributed by atoms with Crippen molar-refractivity contribution >= 4 is 35.0 Å². The van der Waals surface area contributed by atoms with Crippen molar-refractivity contribution in [3.05, 3.63) is 102 Å². The molecule has 1 N–H and O–H groups in total. The minimum absolute atomic E-state index is 0.202. The number of carbonyl (C=O) groups excluding carboxylic acids is 2. The van der Waals surface area contributed by atoms with Gasteiger partial charge in [-0.15, -0.1) is 0 Å². The zero-order valence-electron chi connectivity index (χ0n) is 24.7. The van der Waals surface area contributed by atoms with Gasteiger partial charge in [0.1, 0.15) is 12.4 Å². The second kappa shape index (κ2) is 11.9. The maximum absolute atomic E-state index is 14.7. The number of halogens is 1. The average Bonchev–Trinajstić information content (AvgIpc) is 3.67. The third kappa shape index (κ3) is 5.74. The van der Waals surface area contributed by atoms with Crippen LogP contribution in [0, 0.1) is 12.7 Å². The largest absolute Gasteiger partial charge is 0.445 e. The fourth-order valence-electron chi connectivity index (χ4n) is 5.84. The van der Waals surface area contributed by atoms with Crippen LogP contribution in [0.3, 0.4) is 0 Å². The average molecular weight is 607 g/mol. The van der Waals surface area contributed by atoms with Crippen molar-refractivity contribution in [1.29, 1.82) is 0 Å². The van der Waals surface area contributed by atoms with Gasteiger partial charge in [0.15, 0.2) is 11.5 Å². The molecule has 2 aliphatic rings. The Labute approximate surface area is 258 Å². The van der Waals surface area contributed by atoms with Gasteiger partial charge in [0.05, 0.1) is 22.8 Å². The molecule has 0 spiro atoms. The number of rotatable bonds is 5. The molecule has 3 amide bonds. The first kappa shape index (κ1) is 28.3. The molecule has 0 saturated carbocycles. The van der Waals surface area contributed by atoms with Gasteiger partial charge in [-0.05, 0) is 37.1 Å². The van der Waals surface area contributed by atoms with E-state index in [4.69, 9.17) is 9.72 Å². The monoisotopic (exact) mass is 606 g/mol. The maximum Gasteiger partial charge on any atom is 0.410 e. The highest BCUT2D eigenvalue weighted by molar-refractivity contribution is 6.03. The van der Waals surface area contributed by atoms with Crippen LogP contribution >= 0.6 is 0 Å². The third-order valence-electron chi connectivity index (χ3n) is 8.05. The number of hydrogen-bond acceptors (Lipinski definition) is 7. The summed E-state index contributed by atoms with van der Waals surface area (Å²) in [5, 5.41) is 2.84. The van der Waals surface area contributed by atoms with Gasteiger partial charge in [-0.2, -0.15) is 0 Å². The highest BCUT2D eigenvalue weighted by atomic mass is 19.1. The lowest BCUT2D eigenvalue weighted by molar-refractivity contribution is 0.0942. The highest BCUT2D eigenvalue weighted by Crippen LogP contribution is 2.38. The predicted octanol–water partition coefficient (Wildman–Crippen LogP) is 5.29. The number of anilines is 3. The first-order chi connectivity index (χ1) is 21.9. The van der Waals surface area contributed by atoms with Gasteiger partial charge in [0, 0.05) is 68.6 Å². The van der Waals surface area contributed by atoms with E-state index in [1.165, 1.54) is 6.07 Å². The number of benzene rings is 1. The summed E-state index contributed by atoms with van der Waals surface area (Å²) >= 11 is 0. The van der Waals surface area contributed by atoms with E-state index in [9.17, 15) is 14.0 Å². The van der Waals surface area contributed by atoms with Crippen molar-refractivity contribution in [3.8, 4) is 11.4 Å². The topological polar surface area (TPSA) is 108 Å². The lowest BCUT2D eigenvalue weighted by atomic mass is 10.1. The fraction of sp³-hybridized carbons (Fsp3) is 0.242. The molecule has 1 aromatic carbocycles. The molecule has 45 heavy (non-hydrogen) atoms. The van der Waals surface area contributed by atoms with Gasteiger partial charge in [-0.1, -0.05) is 36.4 Å². The summed E-state index contributed by atoms with van der Waals surface area (Å²) in [6.45, 7) is 4.60. The molecule has 0 atom stereocenters. The number of pyridine rings is 3. The van der Waals surface area contributed by atoms with E-state index in [1.807, 2.05) is 54.6 Å². The number of aromatic nitrogens is 4. The predicted molar refractivity (Wildman–Crippen MR) is 168 cm³/mol. The molecule has 0 unspecified atom stereocenters. The van der Waals surface area contributed by atoms with Crippen LogP contribution in [0.5, 0.6) is 0 Å². The summed E-state index contributed by atoms with van der Waals surface area (Å²) in [6, 6.07) is 18.1. The molecule has 11 nitrogen and oxygen atoms in total. The van der Waals surface area contributed by atoms with Gasteiger partial charge < -0.3 is 24.3 Å². The van der Waals surface area contributed by atoms with Gasteiger partial charge in [-0.3, -0.25) is 9.88 Å². The Bertz CT molecular complexity index is 1870. The minimum atomic E-state index is -0.524. The normalized spacial score (nSPS) is 14.5. The smallest absolute Gasteiger partial charge is 0.410 e. The standard InChI is InChI=1S/C33H31FN8O3/c1-22-19-41-20-24(17-26(34)31(41)36-22)37-32(43)42-12-10-25-29(18-28(38-30(25)42)27-9-5-6-11-35-27)39-13-15-40(16-14-39)33(44)45-21-23-7-3-2-4-8-23/h2-9,11,17-20H,10,12-16,21H2,1H3,(H,37,43). The van der Waals surface area contributed by atoms with Crippen molar-refractivity contribution in [2.24, 2.45) is 0 Å². The third-order valence-corrected chi connectivity index (χ3v) is 8.05. The molecule has 0 radical (unpaired) electrons. The number of fused-ring (bicyclic) bond motifs is 2. The zero-order chi connectivity index (χ0) is 30.9. The Morgan fingerprint density at radius 3 is 2.51 bits per heavy atom. The van der Waals surface area contributed by atoms with Crippen LogP contribution in [0.1, 0.15) is 16.8 Å². The number of nitrogens with one attached hydrogen (secondary N) is 1. The summed E-state index contributed by atoms with van der Waals surface area (Å²) < 4.78 is 21.8.